The quantitative estimate of drug-likeness (QED) is 0.175. The van der Waals surface area contributed by atoms with E-state index >= 15 is 0 Å². The molecule has 0 radical (unpaired) electrons. The number of aliphatic imine (C=N–C) groups is 1. The Balaban J connectivity index is 1.58. The molecule has 37 heavy (non-hydrogen) atoms. The number of nitrogen functional groups attached to an aromatic ring is 1. The van der Waals surface area contributed by atoms with E-state index in [-0.39, 0.29) is 17.2 Å². The van der Waals surface area contributed by atoms with Gasteiger partial charge < -0.3 is 40.3 Å². The van der Waals surface area contributed by atoms with E-state index < -0.39 is 54.1 Å². The Morgan fingerprint density at radius 2 is 1.89 bits per heavy atom. The van der Waals surface area contributed by atoms with Crippen molar-refractivity contribution in [2.45, 2.75) is 31.0 Å². The van der Waals surface area contributed by atoms with Crippen LogP contribution in [0.15, 0.2) is 23.5 Å². The summed E-state index contributed by atoms with van der Waals surface area (Å²) in [7, 11) is -16.8. The SMILES string of the molecule is C[C@]1(O)C(n2nc(C3=NCC=C3)c3c(N)ncnc32)O[C@H](COP(=O)(O)OP(=O)(O)OP(=O)(O)O)[C@H]1O. The van der Waals surface area contributed by atoms with E-state index in [1.54, 1.807) is 12.2 Å². The van der Waals surface area contributed by atoms with Crippen LogP contribution < -0.4 is 5.73 Å². The van der Waals surface area contributed by atoms with Gasteiger partial charge in [-0.3, -0.25) is 9.52 Å². The minimum atomic E-state index is -5.75. The number of ether oxygens (including phenoxy) is 1. The summed E-state index contributed by atoms with van der Waals surface area (Å²) in [6, 6.07) is 0. The molecule has 0 spiro atoms. The molecule has 2 aromatic rings. The van der Waals surface area contributed by atoms with Crippen molar-refractivity contribution < 1.29 is 61.4 Å². The van der Waals surface area contributed by atoms with Crippen LogP contribution in [0, 0.1) is 0 Å². The summed E-state index contributed by atoms with van der Waals surface area (Å²) in [6.45, 7) is 0.574. The van der Waals surface area contributed by atoms with Crippen molar-refractivity contribution >= 4 is 46.0 Å². The molecule has 0 bridgehead atoms. The highest BCUT2D eigenvalue weighted by atomic mass is 31.3. The van der Waals surface area contributed by atoms with Crippen molar-refractivity contribution in [3.8, 4) is 0 Å². The van der Waals surface area contributed by atoms with Crippen molar-refractivity contribution in [2.75, 3.05) is 18.9 Å². The van der Waals surface area contributed by atoms with Crippen LogP contribution in [0.25, 0.3) is 11.0 Å². The summed E-state index contributed by atoms with van der Waals surface area (Å²) < 4.78 is 52.8. The Hall–Kier alpha value is -1.95. The molecule has 6 atom stereocenters. The van der Waals surface area contributed by atoms with Gasteiger partial charge in [-0.25, -0.2) is 28.3 Å². The highest BCUT2D eigenvalue weighted by molar-refractivity contribution is 7.66. The number of phosphoric ester groups is 1. The van der Waals surface area contributed by atoms with Crippen LogP contribution in [-0.2, 0) is 31.6 Å². The number of hydrogen-bond acceptors (Lipinski definition) is 14. The zero-order valence-corrected chi connectivity index (χ0v) is 21.3. The first kappa shape index (κ1) is 28.1. The number of rotatable bonds is 9. The third-order valence-corrected chi connectivity index (χ3v) is 9.00. The van der Waals surface area contributed by atoms with Gasteiger partial charge in [-0.15, -0.1) is 0 Å². The fraction of sp³-hybridized carbons (Fsp3) is 0.467. The Morgan fingerprint density at radius 3 is 2.51 bits per heavy atom. The lowest BCUT2D eigenvalue weighted by molar-refractivity contribution is -0.100. The molecule has 0 amide bonds. The van der Waals surface area contributed by atoms with Crippen molar-refractivity contribution in [3.63, 3.8) is 0 Å². The number of fused-ring (bicyclic) bond motifs is 1. The third kappa shape index (κ3) is 5.89. The Morgan fingerprint density at radius 1 is 1.19 bits per heavy atom. The summed E-state index contributed by atoms with van der Waals surface area (Å²) >= 11 is 0. The number of aliphatic hydroxyl groups excluding tert-OH is 1. The van der Waals surface area contributed by atoms with Crippen LogP contribution in [0.4, 0.5) is 5.82 Å². The molecule has 0 aromatic carbocycles. The summed E-state index contributed by atoms with van der Waals surface area (Å²) in [6.07, 6.45) is -0.199. The molecule has 3 unspecified atom stereocenters. The normalized spacial score (nSPS) is 29.4. The van der Waals surface area contributed by atoms with Gasteiger partial charge in [-0.1, -0.05) is 6.08 Å². The second-order valence-electron chi connectivity index (χ2n) is 7.96. The monoisotopic (exact) mass is 586 g/mol. The van der Waals surface area contributed by atoms with Gasteiger partial charge in [0.2, 0.25) is 0 Å². The number of aromatic nitrogens is 4. The molecule has 2 aliphatic rings. The molecule has 0 aliphatic carbocycles. The second kappa shape index (κ2) is 9.66. The van der Waals surface area contributed by atoms with Crippen LogP contribution in [0.2, 0.25) is 0 Å². The fourth-order valence-corrected chi connectivity index (χ4v) is 6.70. The number of nitrogens with two attached hydrogens (primary N) is 1. The molecule has 204 valence electrons. The van der Waals surface area contributed by atoms with E-state index in [0.29, 0.717) is 17.6 Å². The average Bonchev–Trinajstić information content (AvgIpc) is 3.43. The maximum Gasteiger partial charge on any atom is 0.490 e. The average molecular weight is 586 g/mol. The smallest absolute Gasteiger partial charge is 0.387 e. The zero-order valence-electron chi connectivity index (χ0n) is 18.6. The number of aliphatic hydroxyl groups is 2. The molecule has 22 heteroatoms. The molecule has 4 rings (SSSR count). The van der Waals surface area contributed by atoms with Gasteiger partial charge in [0.15, 0.2) is 11.9 Å². The van der Waals surface area contributed by atoms with E-state index in [1.807, 2.05) is 0 Å². The van der Waals surface area contributed by atoms with Crippen LogP contribution in [0.1, 0.15) is 18.8 Å². The van der Waals surface area contributed by atoms with Gasteiger partial charge in [0, 0.05) is 0 Å². The largest absolute Gasteiger partial charge is 0.490 e. The second-order valence-corrected chi connectivity index (χ2v) is 12.4. The first-order valence-corrected chi connectivity index (χ1v) is 14.6. The van der Waals surface area contributed by atoms with Gasteiger partial charge in [0.25, 0.3) is 0 Å². The van der Waals surface area contributed by atoms with Gasteiger partial charge in [-0.2, -0.15) is 13.7 Å². The standard InChI is InChI=1S/C15H21N6O13P3/c1-15(23)11(22)8(5-31-36(27,28)34-37(29,30)33-35(24,25)26)32-14(15)21-13-9(12(16)18-6-19-13)10(20-21)7-3-2-4-17-7/h2-3,6,8,11,14,22-23H,4-5H2,1H3,(H,27,28)(H,29,30)(H2,16,18,19)(H2,24,25,26)/t8-,11-,14?,15-/m1/s1. The van der Waals surface area contributed by atoms with Crippen LogP contribution >= 0.6 is 23.5 Å². The van der Waals surface area contributed by atoms with E-state index in [0.717, 1.165) is 11.0 Å². The molecular weight excluding hydrogens is 565 g/mol. The van der Waals surface area contributed by atoms with Crippen LogP contribution in [0.3, 0.4) is 0 Å². The number of anilines is 1. The fourth-order valence-electron chi connectivity index (χ4n) is 3.67. The minimum Gasteiger partial charge on any atom is -0.387 e. The topological polar surface area (TPSA) is 291 Å². The van der Waals surface area contributed by atoms with Crippen molar-refractivity contribution in [1.29, 1.82) is 0 Å². The molecule has 4 heterocycles. The number of phosphoric acid groups is 3. The summed E-state index contributed by atoms with van der Waals surface area (Å²) in [5, 5.41) is 26.4. The van der Waals surface area contributed by atoms with Crippen molar-refractivity contribution in [3.05, 3.63) is 24.2 Å². The summed E-state index contributed by atoms with van der Waals surface area (Å²) in [4.78, 5) is 48.5. The Labute approximate surface area is 206 Å². The molecule has 19 nitrogen and oxygen atoms in total. The lowest BCUT2D eigenvalue weighted by atomic mass is 9.97. The highest BCUT2D eigenvalue weighted by Crippen LogP contribution is 2.66. The first-order valence-electron chi connectivity index (χ1n) is 10.0. The minimum absolute atomic E-state index is 0.0525. The Bertz CT molecular complexity index is 1420. The van der Waals surface area contributed by atoms with Crippen LogP contribution in [0.5, 0.6) is 0 Å². The van der Waals surface area contributed by atoms with E-state index in [2.05, 4.69) is 33.2 Å². The molecule has 0 saturated carbocycles. The van der Waals surface area contributed by atoms with E-state index in [1.165, 1.54) is 6.92 Å². The maximum absolute atomic E-state index is 12.0. The highest BCUT2D eigenvalue weighted by Gasteiger charge is 2.55. The number of hydrogen-bond donors (Lipinski definition) is 7. The van der Waals surface area contributed by atoms with Crippen LogP contribution in [-0.4, -0.2) is 86.2 Å². The molecule has 1 fully saturated rings. The van der Waals surface area contributed by atoms with E-state index in [9.17, 15) is 33.7 Å². The van der Waals surface area contributed by atoms with Crippen molar-refractivity contribution in [2.24, 2.45) is 4.99 Å². The molecule has 8 N–H and O–H groups in total. The van der Waals surface area contributed by atoms with Gasteiger partial charge >= 0.3 is 23.5 Å². The molecule has 2 aromatic heterocycles. The zero-order chi connectivity index (χ0) is 27.4. The lowest BCUT2D eigenvalue weighted by Gasteiger charge is -2.26. The lowest BCUT2D eigenvalue weighted by Crippen LogP contribution is -2.44. The van der Waals surface area contributed by atoms with Crippen molar-refractivity contribution in [1.82, 2.24) is 19.7 Å². The number of allylic oxidation sites excluding steroid dienone is 1. The predicted molar refractivity (Wildman–Crippen MR) is 121 cm³/mol. The number of nitrogens with zero attached hydrogens (tertiary/aromatic N) is 5. The van der Waals surface area contributed by atoms with E-state index in [4.69, 9.17) is 20.3 Å². The third-order valence-electron chi connectivity index (χ3n) is 5.20. The maximum atomic E-state index is 12.0. The molecule has 1 saturated heterocycles. The molecule has 2 aliphatic heterocycles. The molecular formula is C15H21N6O13P3. The predicted octanol–water partition coefficient (Wildman–Crippen LogP) is -0.880. The van der Waals surface area contributed by atoms with Gasteiger partial charge in [0.1, 0.15) is 35.6 Å². The summed E-state index contributed by atoms with van der Waals surface area (Å²) in [5.74, 6) is 0.0525. The Kier molecular flexibility index (Phi) is 7.33. The summed E-state index contributed by atoms with van der Waals surface area (Å²) in [5.41, 5.74) is 4.74. The van der Waals surface area contributed by atoms with Gasteiger partial charge in [-0.05, 0) is 13.0 Å². The van der Waals surface area contributed by atoms with Gasteiger partial charge in [0.05, 0.1) is 24.2 Å². The first-order chi connectivity index (χ1) is 17.0.